The molecule has 0 aliphatic heterocycles. The molecule has 0 fully saturated rings. The maximum absolute atomic E-state index is 10.2. The van der Waals surface area contributed by atoms with E-state index in [1.165, 1.54) is 11.7 Å². The van der Waals surface area contributed by atoms with Crippen molar-refractivity contribution in [2.45, 2.75) is 19.8 Å². The van der Waals surface area contributed by atoms with Gasteiger partial charge in [-0.15, -0.1) is 0 Å². The van der Waals surface area contributed by atoms with Gasteiger partial charge in [-0.1, -0.05) is 30.7 Å². The number of benzene rings is 1. The Kier molecular flexibility index (Phi) is 4.56. The van der Waals surface area contributed by atoms with Gasteiger partial charge in [0.2, 0.25) is 12.2 Å². The van der Waals surface area contributed by atoms with Crippen LogP contribution in [0.5, 0.6) is 0 Å². The Morgan fingerprint density at radius 2 is 1.80 bits per heavy atom. The smallest absolute Gasteiger partial charge is 0.211 e. The van der Waals surface area contributed by atoms with E-state index < -0.39 is 0 Å². The highest BCUT2D eigenvalue weighted by Crippen LogP contribution is 2.28. The Balaban J connectivity index is 2.13. The molecule has 0 spiro atoms. The van der Waals surface area contributed by atoms with Gasteiger partial charge in [-0.05, 0) is 42.5 Å². The van der Waals surface area contributed by atoms with E-state index in [2.05, 4.69) is 16.9 Å². The number of rotatable bonds is 4. The lowest BCUT2D eigenvalue weighted by Crippen LogP contribution is -2.07. The first kappa shape index (κ1) is 13.9. The topological polar surface area (TPSA) is 58.9 Å². The summed E-state index contributed by atoms with van der Waals surface area (Å²) < 4.78 is 0. The summed E-state index contributed by atoms with van der Waals surface area (Å²) in [5.41, 5.74) is 3.83. The molecule has 1 aliphatic rings. The van der Waals surface area contributed by atoms with Crippen molar-refractivity contribution in [3.8, 4) is 0 Å². The van der Waals surface area contributed by atoms with Crippen molar-refractivity contribution in [3.63, 3.8) is 0 Å². The van der Waals surface area contributed by atoms with E-state index in [0.717, 1.165) is 24.1 Å². The lowest BCUT2D eigenvalue weighted by Gasteiger charge is -2.19. The van der Waals surface area contributed by atoms with E-state index in [1.54, 1.807) is 18.2 Å². The Bertz CT molecular complexity index is 644. The molecule has 4 nitrogen and oxygen atoms in total. The average Bonchev–Trinajstić information content (AvgIpc) is 2.44. The quantitative estimate of drug-likeness (QED) is 0.619. The molecule has 20 heavy (non-hydrogen) atoms. The van der Waals surface area contributed by atoms with Gasteiger partial charge in [0, 0.05) is 0 Å². The van der Waals surface area contributed by atoms with Gasteiger partial charge in [0.15, 0.2) is 0 Å². The Morgan fingerprint density at radius 1 is 1.10 bits per heavy atom. The van der Waals surface area contributed by atoms with Crippen molar-refractivity contribution in [2.24, 2.45) is 15.9 Å². The van der Waals surface area contributed by atoms with Crippen LogP contribution in [-0.4, -0.2) is 12.2 Å². The summed E-state index contributed by atoms with van der Waals surface area (Å²) in [6, 6.07) is 7.50. The van der Waals surface area contributed by atoms with E-state index in [4.69, 9.17) is 0 Å². The summed E-state index contributed by atoms with van der Waals surface area (Å²) in [6.07, 6.45) is 8.57. The number of isocyanates is 2. The zero-order valence-corrected chi connectivity index (χ0v) is 11.2. The zero-order valence-electron chi connectivity index (χ0n) is 11.2. The first-order valence-corrected chi connectivity index (χ1v) is 6.37. The van der Waals surface area contributed by atoms with Crippen LogP contribution in [0.25, 0.3) is 0 Å². The first-order valence-electron chi connectivity index (χ1n) is 6.37. The molecule has 0 bridgehead atoms. The SMILES string of the molecule is CC1CC(N=C=O)=CC=C1Cc1ccc(N=C=O)cc1. The minimum atomic E-state index is 0.347. The van der Waals surface area contributed by atoms with E-state index in [0.29, 0.717) is 11.6 Å². The van der Waals surface area contributed by atoms with Crippen LogP contribution in [0.3, 0.4) is 0 Å². The molecule has 0 aromatic heterocycles. The van der Waals surface area contributed by atoms with Gasteiger partial charge >= 0.3 is 0 Å². The maximum Gasteiger partial charge on any atom is 0.240 e. The van der Waals surface area contributed by atoms with Crippen LogP contribution in [0, 0.1) is 5.92 Å². The van der Waals surface area contributed by atoms with Crippen LogP contribution in [0.1, 0.15) is 18.9 Å². The van der Waals surface area contributed by atoms with Crippen molar-refractivity contribution < 1.29 is 9.59 Å². The van der Waals surface area contributed by atoms with Crippen LogP contribution in [0.2, 0.25) is 0 Å². The van der Waals surface area contributed by atoms with Crippen molar-refractivity contribution in [3.05, 3.63) is 53.3 Å². The van der Waals surface area contributed by atoms with Crippen LogP contribution < -0.4 is 0 Å². The predicted molar refractivity (Wildman–Crippen MR) is 76.0 cm³/mol. The summed E-state index contributed by atoms with van der Waals surface area (Å²) in [4.78, 5) is 27.6. The molecule has 1 aromatic rings. The number of hydrogen-bond donors (Lipinski definition) is 0. The molecule has 0 amide bonds. The molecule has 0 N–H and O–H groups in total. The number of hydrogen-bond acceptors (Lipinski definition) is 4. The number of allylic oxidation sites excluding steroid dienone is 4. The zero-order chi connectivity index (χ0) is 14.4. The average molecular weight is 266 g/mol. The molecule has 4 heteroatoms. The summed E-state index contributed by atoms with van der Waals surface area (Å²) in [6.45, 7) is 2.12. The molecule has 1 unspecified atom stereocenters. The van der Waals surface area contributed by atoms with E-state index in [1.807, 2.05) is 24.3 Å². The summed E-state index contributed by atoms with van der Waals surface area (Å²) in [5, 5.41) is 0. The third-order valence-electron chi connectivity index (χ3n) is 3.35. The monoisotopic (exact) mass is 266 g/mol. The summed E-state index contributed by atoms with van der Waals surface area (Å²) in [5.74, 6) is 0.347. The van der Waals surface area contributed by atoms with Gasteiger partial charge in [-0.3, -0.25) is 0 Å². The second kappa shape index (κ2) is 6.58. The van der Waals surface area contributed by atoms with Crippen molar-refractivity contribution >= 4 is 17.8 Å². The van der Waals surface area contributed by atoms with E-state index in [-0.39, 0.29) is 0 Å². The molecule has 1 atom stereocenters. The standard InChI is InChI=1S/C16H14N2O2/c1-12-8-16(18-11-20)7-4-14(12)9-13-2-5-15(6-3-13)17-10-19/h2-7,12H,8-9H2,1H3. The van der Waals surface area contributed by atoms with Crippen molar-refractivity contribution in [1.82, 2.24) is 0 Å². The molecule has 100 valence electrons. The molecule has 0 radical (unpaired) electrons. The molecular formula is C16H14N2O2. The van der Waals surface area contributed by atoms with Crippen LogP contribution in [0.15, 0.2) is 57.7 Å². The van der Waals surface area contributed by atoms with Gasteiger partial charge in [0.05, 0.1) is 11.4 Å². The third-order valence-corrected chi connectivity index (χ3v) is 3.35. The molecule has 0 saturated carbocycles. The third kappa shape index (κ3) is 3.48. The second-order valence-electron chi connectivity index (χ2n) is 4.75. The van der Waals surface area contributed by atoms with Gasteiger partial charge < -0.3 is 0 Å². The van der Waals surface area contributed by atoms with Gasteiger partial charge in [-0.2, -0.15) is 9.98 Å². The minimum absolute atomic E-state index is 0.347. The minimum Gasteiger partial charge on any atom is -0.211 e. The fraction of sp³-hybridized carbons (Fsp3) is 0.250. The first-order chi connectivity index (χ1) is 9.72. The van der Waals surface area contributed by atoms with Crippen LogP contribution >= 0.6 is 0 Å². The number of carbonyl (C=O) groups excluding carboxylic acids is 2. The molecule has 1 aromatic carbocycles. The fourth-order valence-electron chi connectivity index (χ4n) is 2.23. The van der Waals surface area contributed by atoms with Crippen molar-refractivity contribution in [1.29, 1.82) is 0 Å². The van der Waals surface area contributed by atoms with Crippen LogP contribution in [-0.2, 0) is 16.0 Å². The summed E-state index contributed by atoms with van der Waals surface area (Å²) in [7, 11) is 0. The second-order valence-corrected chi connectivity index (χ2v) is 4.75. The molecule has 2 rings (SSSR count). The summed E-state index contributed by atoms with van der Waals surface area (Å²) >= 11 is 0. The molecule has 0 saturated heterocycles. The highest BCUT2D eigenvalue weighted by Gasteiger charge is 2.15. The van der Waals surface area contributed by atoms with E-state index in [9.17, 15) is 9.59 Å². The fourth-order valence-corrected chi connectivity index (χ4v) is 2.23. The molecule has 0 heterocycles. The van der Waals surface area contributed by atoms with Gasteiger partial charge in [0.1, 0.15) is 0 Å². The van der Waals surface area contributed by atoms with Crippen molar-refractivity contribution in [2.75, 3.05) is 0 Å². The van der Waals surface area contributed by atoms with Gasteiger partial charge in [-0.25, -0.2) is 9.59 Å². The lowest BCUT2D eigenvalue weighted by atomic mass is 9.87. The maximum atomic E-state index is 10.2. The molecular weight excluding hydrogens is 252 g/mol. The number of nitrogens with zero attached hydrogens (tertiary/aromatic N) is 2. The lowest BCUT2D eigenvalue weighted by molar-refractivity contribution is 0.562. The van der Waals surface area contributed by atoms with E-state index >= 15 is 0 Å². The van der Waals surface area contributed by atoms with Gasteiger partial charge in [0.25, 0.3) is 0 Å². The Morgan fingerprint density at radius 3 is 2.40 bits per heavy atom. The Labute approximate surface area is 117 Å². The highest BCUT2D eigenvalue weighted by atomic mass is 16.1. The van der Waals surface area contributed by atoms with Crippen LogP contribution in [0.4, 0.5) is 5.69 Å². The predicted octanol–water partition coefficient (Wildman–Crippen LogP) is 3.38. The number of aliphatic imine (C=N–C) groups is 2. The molecule has 1 aliphatic carbocycles. The largest absolute Gasteiger partial charge is 0.240 e. The Hall–Kier alpha value is -2.54. The highest BCUT2D eigenvalue weighted by molar-refractivity contribution is 5.49. The normalized spacial score (nSPS) is 17.4.